The lowest BCUT2D eigenvalue weighted by atomic mass is 10.0. The van der Waals surface area contributed by atoms with Gasteiger partial charge in [0.2, 0.25) is 0 Å². The topological polar surface area (TPSA) is 46.3 Å². The number of fused-ring (bicyclic) bond motifs is 1. The first-order valence-electron chi connectivity index (χ1n) is 6.78. The molecule has 0 bridgehead atoms. The van der Waals surface area contributed by atoms with Gasteiger partial charge in [0.25, 0.3) is 5.91 Å². The largest absolute Gasteiger partial charge is 0.339 e. The highest BCUT2D eigenvalue weighted by Gasteiger charge is 2.22. The third-order valence-corrected chi connectivity index (χ3v) is 3.85. The van der Waals surface area contributed by atoms with E-state index in [2.05, 4.69) is 0 Å². The number of amides is 1. The van der Waals surface area contributed by atoms with Crippen molar-refractivity contribution in [2.45, 2.75) is 18.9 Å². The van der Waals surface area contributed by atoms with Gasteiger partial charge in [-0.05, 0) is 29.7 Å². The molecular formula is C16H19ClN2O. The van der Waals surface area contributed by atoms with Crippen LogP contribution in [0.3, 0.4) is 0 Å². The fraction of sp³-hybridized carbons (Fsp3) is 0.312. The maximum atomic E-state index is 12.6. The van der Waals surface area contributed by atoms with Crippen molar-refractivity contribution >= 4 is 29.1 Å². The van der Waals surface area contributed by atoms with Crippen molar-refractivity contribution in [2.75, 3.05) is 13.1 Å². The van der Waals surface area contributed by atoms with E-state index in [0.29, 0.717) is 0 Å². The van der Waals surface area contributed by atoms with Crippen LogP contribution in [0.15, 0.2) is 42.5 Å². The second kappa shape index (κ2) is 6.25. The summed E-state index contributed by atoms with van der Waals surface area (Å²) in [6.07, 6.45) is 1.80. The number of likely N-dealkylation sites (tertiary alicyclic amines) is 1. The van der Waals surface area contributed by atoms with Gasteiger partial charge in [-0.2, -0.15) is 0 Å². The molecule has 3 nitrogen and oxygen atoms in total. The summed E-state index contributed by atoms with van der Waals surface area (Å²) in [7, 11) is 0. The SMILES string of the molecule is Cl.NC1CCN(C(=O)c2cccc3ccccc23)CC1. The van der Waals surface area contributed by atoms with E-state index in [1.807, 2.05) is 47.4 Å². The minimum atomic E-state index is 0. The van der Waals surface area contributed by atoms with Gasteiger partial charge in [0.1, 0.15) is 0 Å². The van der Waals surface area contributed by atoms with Gasteiger partial charge in [0.05, 0.1) is 0 Å². The number of halogens is 1. The van der Waals surface area contributed by atoms with Crippen molar-refractivity contribution in [1.82, 2.24) is 4.90 Å². The van der Waals surface area contributed by atoms with E-state index in [1.54, 1.807) is 0 Å². The lowest BCUT2D eigenvalue weighted by Gasteiger charge is -2.30. The minimum absolute atomic E-state index is 0. The predicted molar refractivity (Wildman–Crippen MR) is 84.3 cm³/mol. The number of piperidine rings is 1. The van der Waals surface area contributed by atoms with E-state index in [0.717, 1.165) is 42.3 Å². The van der Waals surface area contributed by atoms with Gasteiger partial charge in [-0.3, -0.25) is 4.79 Å². The third kappa shape index (κ3) is 2.79. The van der Waals surface area contributed by atoms with E-state index in [-0.39, 0.29) is 24.4 Å². The zero-order chi connectivity index (χ0) is 13.2. The quantitative estimate of drug-likeness (QED) is 0.878. The van der Waals surface area contributed by atoms with E-state index >= 15 is 0 Å². The van der Waals surface area contributed by atoms with Gasteiger partial charge in [-0.1, -0.05) is 36.4 Å². The van der Waals surface area contributed by atoms with Crippen LogP contribution in [0.4, 0.5) is 0 Å². The molecule has 0 spiro atoms. The van der Waals surface area contributed by atoms with E-state index in [4.69, 9.17) is 5.73 Å². The molecule has 0 atom stereocenters. The number of carbonyl (C=O) groups excluding carboxylic acids is 1. The zero-order valence-electron chi connectivity index (χ0n) is 11.3. The van der Waals surface area contributed by atoms with Gasteiger partial charge < -0.3 is 10.6 Å². The van der Waals surface area contributed by atoms with E-state index in [9.17, 15) is 4.79 Å². The maximum absolute atomic E-state index is 12.6. The lowest BCUT2D eigenvalue weighted by molar-refractivity contribution is 0.0717. The molecule has 1 aliphatic rings. The summed E-state index contributed by atoms with van der Waals surface area (Å²) in [4.78, 5) is 14.5. The Bertz CT molecular complexity index is 601. The normalized spacial score (nSPS) is 15.9. The van der Waals surface area contributed by atoms with Crippen LogP contribution in [0.25, 0.3) is 10.8 Å². The maximum Gasteiger partial charge on any atom is 0.254 e. The summed E-state index contributed by atoms with van der Waals surface area (Å²) < 4.78 is 0. The minimum Gasteiger partial charge on any atom is -0.339 e. The first-order valence-corrected chi connectivity index (χ1v) is 6.78. The van der Waals surface area contributed by atoms with Gasteiger partial charge >= 0.3 is 0 Å². The molecule has 1 aliphatic heterocycles. The number of hydrogen-bond acceptors (Lipinski definition) is 2. The Morgan fingerprint density at radius 2 is 1.70 bits per heavy atom. The fourth-order valence-corrected chi connectivity index (χ4v) is 2.68. The third-order valence-electron chi connectivity index (χ3n) is 3.85. The van der Waals surface area contributed by atoms with Crippen LogP contribution in [-0.2, 0) is 0 Å². The highest BCUT2D eigenvalue weighted by atomic mass is 35.5. The van der Waals surface area contributed by atoms with Crippen LogP contribution in [0.1, 0.15) is 23.2 Å². The molecule has 1 saturated heterocycles. The molecule has 2 aromatic carbocycles. The summed E-state index contributed by atoms with van der Waals surface area (Å²) >= 11 is 0. The zero-order valence-corrected chi connectivity index (χ0v) is 12.1. The van der Waals surface area contributed by atoms with Crippen LogP contribution in [-0.4, -0.2) is 29.9 Å². The Morgan fingerprint density at radius 3 is 2.45 bits per heavy atom. The molecule has 0 saturated carbocycles. The summed E-state index contributed by atoms with van der Waals surface area (Å²) in [5.41, 5.74) is 6.69. The molecule has 4 heteroatoms. The lowest BCUT2D eigenvalue weighted by Crippen LogP contribution is -2.42. The first kappa shape index (κ1) is 14.8. The van der Waals surface area contributed by atoms with Crippen LogP contribution in [0, 0.1) is 0 Å². The Kier molecular flexibility index (Phi) is 4.63. The predicted octanol–water partition coefficient (Wildman–Crippen LogP) is 2.82. The van der Waals surface area contributed by atoms with Crippen LogP contribution >= 0.6 is 12.4 Å². The first-order chi connectivity index (χ1) is 9.25. The Balaban J connectivity index is 0.00000147. The fourth-order valence-electron chi connectivity index (χ4n) is 2.68. The Labute approximate surface area is 125 Å². The summed E-state index contributed by atoms with van der Waals surface area (Å²) in [5, 5.41) is 2.15. The highest BCUT2D eigenvalue weighted by Crippen LogP contribution is 2.21. The number of nitrogens with zero attached hydrogens (tertiary/aromatic N) is 1. The summed E-state index contributed by atoms with van der Waals surface area (Å²) in [6.45, 7) is 1.53. The van der Waals surface area contributed by atoms with Gasteiger partial charge in [0, 0.05) is 24.7 Å². The molecule has 0 radical (unpaired) electrons. The number of carbonyl (C=O) groups is 1. The molecule has 0 aromatic heterocycles. The average Bonchev–Trinajstić information content (AvgIpc) is 2.47. The Hall–Kier alpha value is -1.58. The molecule has 0 unspecified atom stereocenters. The summed E-state index contributed by atoms with van der Waals surface area (Å²) in [5.74, 6) is 0.128. The monoisotopic (exact) mass is 290 g/mol. The molecule has 2 aromatic rings. The summed E-state index contributed by atoms with van der Waals surface area (Å²) in [6, 6.07) is 14.2. The second-order valence-corrected chi connectivity index (χ2v) is 5.16. The standard InChI is InChI=1S/C16H18N2O.ClH/c17-13-8-10-18(11-9-13)16(19)15-7-3-5-12-4-1-2-6-14(12)15;/h1-7,13H,8-11,17H2;1H. The molecule has 1 heterocycles. The molecule has 20 heavy (non-hydrogen) atoms. The second-order valence-electron chi connectivity index (χ2n) is 5.16. The average molecular weight is 291 g/mol. The molecule has 3 rings (SSSR count). The molecule has 1 fully saturated rings. The van der Waals surface area contributed by atoms with E-state index in [1.165, 1.54) is 0 Å². The number of benzene rings is 2. The van der Waals surface area contributed by atoms with Gasteiger partial charge in [-0.15, -0.1) is 12.4 Å². The molecule has 2 N–H and O–H groups in total. The van der Waals surface area contributed by atoms with Crippen molar-refractivity contribution < 1.29 is 4.79 Å². The molecular weight excluding hydrogens is 272 g/mol. The van der Waals surface area contributed by atoms with Crippen molar-refractivity contribution in [2.24, 2.45) is 5.73 Å². The highest BCUT2D eigenvalue weighted by molar-refractivity contribution is 6.07. The van der Waals surface area contributed by atoms with E-state index < -0.39 is 0 Å². The van der Waals surface area contributed by atoms with Crippen LogP contribution < -0.4 is 5.73 Å². The number of hydrogen-bond donors (Lipinski definition) is 1. The Morgan fingerprint density at radius 1 is 1.05 bits per heavy atom. The van der Waals surface area contributed by atoms with Crippen molar-refractivity contribution in [1.29, 1.82) is 0 Å². The smallest absolute Gasteiger partial charge is 0.254 e. The van der Waals surface area contributed by atoms with Crippen molar-refractivity contribution in [3.63, 3.8) is 0 Å². The van der Waals surface area contributed by atoms with Crippen LogP contribution in [0.5, 0.6) is 0 Å². The number of rotatable bonds is 1. The molecule has 1 amide bonds. The van der Waals surface area contributed by atoms with Crippen molar-refractivity contribution in [3.05, 3.63) is 48.0 Å². The van der Waals surface area contributed by atoms with Gasteiger partial charge in [-0.25, -0.2) is 0 Å². The molecule has 0 aliphatic carbocycles. The van der Waals surface area contributed by atoms with Gasteiger partial charge in [0.15, 0.2) is 0 Å². The van der Waals surface area contributed by atoms with Crippen LogP contribution in [0.2, 0.25) is 0 Å². The number of nitrogens with two attached hydrogens (primary N) is 1. The molecule has 106 valence electrons. The van der Waals surface area contributed by atoms with Crippen molar-refractivity contribution in [3.8, 4) is 0 Å².